The Morgan fingerprint density at radius 1 is 1.26 bits per heavy atom. The van der Waals surface area contributed by atoms with Crippen LogP contribution in [0, 0.1) is 6.92 Å². The Hall–Kier alpha value is -1.94. The smallest absolute Gasteiger partial charge is 0.129 e. The highest BCUT2D eigenvalue weighted by Gasteiger charge is 2.06. The molecule has 0 aliphatic carbocycles. The molecule has 0 amide bonds. The molecule has 2 aromatic heterocycles. The molecule has 0 fully saturated rings. The van der Waals surface area contributed by atoms with Crippen molar-refractivity contribution in [2.45, 2.75) is 20.0 Å². The van der Waals surface area contributed by atoms with E-state index in [4.69, 9.17) is 0 Å². The molecule has 4 heteroatoms. The van der Waals surface area contributed by atoms with E-state index in [0.29, 0.717) is 0 Å². The number of pyridine rings is 2. The van der Waals surface area contributed by atoms with Crippen molar-refractivity contribution >= 4 is 5.82 Å². The maximum atomic E-state index is 4.58. The average molecular weight is 256 g/mol. The minimum Gasteiger partial charge on any atom is -0.354 e. The number of aromatic nitrogens is 2. The first kappa shape index (κ1) is 13.5. The molecule has 4 nitrogen and oxygen atoms in total. The molecular weight excluding hydrogens is 236 g/mol. The second-order valence-corrected chi connectivity index (χ2v) is 4.68. The van der Waals surface area contributed by atoms with Crippen molar-refractivity contribution in [1.82, 2.24) is 15.3 Å². The van der Waals surface area contributed by atoms with E-state index < -0.39 is 0 Å². The van der Waals surface area contributed by atoms with Crippen LogP contribution in [0.5, 0.6) is 0 Å². The molecule has 0 aliphatic rings. The minimum atomic E-state index is 0.760. The summed E-state index contributed by atoms with van der Waals surface area (Å²) in [5, 5.41) is 3.17. The lowest BCUT2D eigenvalue weighted by atomic mass is 10.2. The number of nitrogens with zero attached hydrogens (tertiary/aromatic N) is 3. The van der Waals surface area contributed by atoms with Crippen LogP contribution in [0.1, 0.15) is 17.0 Å². The van der Waals surface area contributed by atoms with E-state index in [-0.39, 0.29) is 0 Å². The van der Waals surface area contributed by atoms with E-state index in [0.717, 1.165) is 30.3 Å². The minimum absolute atomic E-state index is 0.760. The predicted octanol–water partition coefficient (Wildman–Crippen LogP) is 2.14. The summed E-state index contributed by atoms with van der Waals surface area (Å²) < 4.78 is 0. The summed E-state index contributed by atoms with van der Waals surface area (Å²) in [5.41, 5.74) is 3.33. The molecular formula is C15H20N4. The maximum absolute atomic E-state index is 4.58. The van der Waals surface area contributed by atoms with Gasteiger partial charge in [-0.2, -0.15) is 0 Å². The Kier molecular flexibility index (Phi) is 4.47. The van der Waals surface area contributed by atoms with Gasteiger partial charge in [-0.25, -0.2) is 4.98 Å². The van der Waals surface area contributed by atoms with Gasteiger partial charge >= 0.3 is 0 Å². The van der Waals surface area contributed by atoms with Crippen molar-refractivity contribution in [3.8, 4) is 0 Å². The second kappa shape index (κ2) is 6.29. The molecule has 0 bridgehead atoms. The summed E-state index contributed by atoms with van der Waals surface area (Å²) in [6.07, 6.45) is 1.82. The van der Waals surface area contributed by atoms with Crippen LogP contribution in [0.2, 0.25) is 0 Å². The first-order valence-corrected chi connectivity index (χ1v) is 6.42. The van der Waals surface area contributed by atoms with Gasteiger partial charge in [-0.05, 0) is 43.8 Å². The highest BCUT2D eigenvalue weighted by Crippen LogP contribution is 2.15. The normalized spacial score (nSPS) is 10.5. The quantitative estimate of drug-likeness (QED) is 0.890. The van der Waals surface area contributed by atoms with Crippen LogP contribution >= 0.6 is 0 Å². The Balaban J connectivity index is 2.16. The summed E-state index contributed by atoms with van der Waals surface area (Å²) in [6.45, 7) is 3.64. The summed E-state index contributed by atoms with van der Waals surface area (Å²) in [4.78, 5) is 11.0. The number of aryl methyl sites for hydroxylation is 1. The molecule has 0 spiro atoms. The van der Waals surface area contributed by atoms with E-state index in [1.54, 1.807) is 0 Å². The zero-order chi connectivity index (χ0) is 13.7. The first-order chi connectivity index (χ1) is 9.19. The summed E-state index contributed by atoms with van der Waals surface area (Å²) in [5.74, 6) is 0.982. The van der Waals surface area contributed by atoms with Gasteiger partial charge < -0.3 is 10.2 Å². The van der Waals surface area contributed by atoms with Gasteiger partial charge in [-0.15, -0.1) is 0 Å². The van der Waals surface area contributed by atoms with Gasteiger partial charge in [0.2, 0.25) is 0 Å². The molecule has 0 saturated heterocycles. The lowest BCUT2D eigenvalue weighted by molar-refractivity contribution is 0.806. The molecule has 2 aromatic rings. The number of rotatable bonds is 5. The van der Waals surface area contributed by atoms with Gasteiger partial charge in [0.05, 0.1) is 12.2 Å². The highest BCUT2D eigenvalue weighted by atomic mass is 15.2. The van der Waals surface area contributed by atoms with Crippen molar-refractivity contribution in [2.24, 2.45) is 0 Å². The number of anilines is 1. The van der Waals surface area contributed by atoms with Gasteiger partial charge in [0.1, 0.15) is 5.82 Å². The number of nitrogens with one attached hydrogen (secondary N) is 1. The monoisotopic (exact) mass is 256 g/mol. The molecule has 0 radical (unpaired) electrons. The molecule has 1 N–H and O–H groups in total. The topological polar surface area (TPSA) is 41.1 Å². The van der Waals surface area contributed by atoms with E-state index in [2.05, 4.69) is 32.3 Å². The van der Waals surface area contributed by atoms with Crippen LogP contribution in [0.25, 0.3) is 0 Å². The van der Waals surface area contributed by atoms with E-state index in [1.807, 2.05) is 45.4 Å². The Bertz CT molecular complexity index is 525. The number of hydrogen-bond donors (Lipinski definition) is 1. The van der Waals surface area contributed by atoms with Crippen LogP contribution in [-0.4, -0.2) is 24.1 Å². The van der Waals surface area contributed by atoms with Crippen molar-refractivity contribution in [1.29, 1.82) is 0 Å². The molecule has 2 rings (SSSR count). The summed E-state index contributed by atoms with van der Waals surface area (Å²) >= 11 is 0. The van der Waals surface area contributed by atoms with Crippen LogP contribution < -0.4 is 10.2 Å². The summed E-state index contributed by atoms with van der Waals surface area (Å²) in [7, 11) is 3.99. The van der Waals surface area contributed by atoms with Gasteiger partial charge in [0.25, 0.3) is 0 Å². The van der Waals surface area contributed by atoms with Gasteiger partial charge in [-0.3, -0.25) is 4.98 Å². The molecule has 2 heterocycles. The first-order valence-electron chi connectivity index (χ1n) is 6.42. The zero-order valence-electron chi connectivity index (χ0n) is 11.7. The molecule has 0 aromatic carbocycles. The summed E-state index contributed by atoms with van der Waals surface area (Å²) in [6, 6.07) is 10.2. The van der Waals surface area contributed by atoms with Gasteiger partial charge in [0.15, 0.2) is 0 Å². The van der Waals surface area contributed by atoms with Crippen molar-refractivity contribution in [2.75, 3.05) is 19.0 Å². The fourth-order valence-corrected chi connectivity index (χ4v) is 2.04. The van der Waals surface area contributed by atoms with Crippen LogP contribution in [0.4, 0.5) is 5.82 Å². The molecule has 0 atom stereocenters. The van der Waals surface area contributed by atoms with Crippen LogP contribution in [0.15, 0.2) is 36.5 Å². The van der Waals surface area contributed by atoms with Crippen LogP contribution in [0.3, 0.4) is 0 Å². The highest BCUT2D eigenvalue weighted by molar-refractivity contribution is 5.42. The molecule has 19 heavy (non-hydrogen) atoms. The van der Waals surface area contributed by atoms with Crippen molar-refractivity contribution in [3.05, 3.63) is 53.5 Å². The number of hydrogen-bond acceptors (Lipinski definition) is 4. The van der Waals surface area contributed by atoms with Crippen molar-refractivity contribution in [3.63, 3.8) is 0 Å². The zero-order valence-corrected chi connectivity index (χ0v) is 11.7. The Labute approximate surface area is 114 Å². The second-order valence-electron chi connectivity index (χ2n) is 4.68. The maximum Gasteiger partial charge on any atom is 0.129 e. The van der Waals surface area contributed by atoms with E-state index in [1.165, 1.54) is 5.56 Å². The largest absolute Gasteiger partial charge is 0.354 e. The standard InChI is InChI=1S/C15H20N4/c1-12-8-13(10-16-2)9-15(18-12)19(3)11-14-6-4-5-7-17-14/h4-9,16H,10-11H2,1-3H3. The SMILES string of the molecule is CNCc1cc(C)nc(N(C)Cc2ccccn2)c1. The Morgan fingerprint density at radius 3 is 2.79 bits per heavy atom. The van der Waals surface area contributed by atoms with E-state index >= 15 is 0 Å². The third-order valence-corrected chi connectivity index (χ3v) is 2.90. The third kappa shape index (κ3) is 3.76. The van der Waals surface area contributed by atoms with Gasteiger partial charge in [-0.1, -0.05) is 6.07 Å². The van der Waals surface area contributed by atoms with Crippen molar-refractivity contribution < 1.29 is 0 Å². The van der Waals surface area contributed by atoms with Gasteiger partial charge in [0, 0.05) is 25.5 Å². The van der Waals surface area contributed by atoms with E-state index in [9.17, 15) is 0 Å². The van der Waals surface area contributed by atoms with Crippen LogP contribution in [-0.2, 0) is 13.1 Å². The average Bonchev–Trinajstić information content (AvgIpc) is 2.39. The predicted molar refractivity (Wildman–Crippen MR) is 78.1 cm³/mol. The molecule has 0 aliphatic heterocycles. The molecule has 0 saturated carbocycles. The lowest BCUT2D eigenvalue weighted by Crippen LogP contribution is -2.19. The fraction of sp³-hybridized carbons (Fsp3) is 0.333. The Morgan fingerprint density at radius 2 is 2.11 bits per heavy atom. The third-order valence-electron chi connectivity index (χ3n) is 2.90. The lowest BCUT2D eigenvalue weighted by Gasteiger charge is -2.19. The fourth-order valence-electron chi connectivity index (χ4n) is 2.04. The molecule has 0 unspecified atom stereocenters. The molecule has 100 valence electrons.